The number of amides is 1. The number of rotatable bonds is 5. The lowest BCUT2D eigenvalue weighted by Gasteiger charge is -2.28. The molecule has 20 heavy (non-hydrogen) atoms. The normalized spacial score (nSPS) is 22.3. The van der Waals surface area contributed by atoms with Crippen molar-refractivity contribution in [1.29, 1.82) is 0 Å². The highest BCUT2D eigenvalue weighted by atomic mass is 16.5. The molecule has 0 aliphatic carbocycles. The molecule has 0 radical (unpaired) electrons. The Labute approximate surface area is 120 Å². The number of piperidine rings is 1. The van der Waals surface area contributed by atoms with Gasteiger partial charge in [0.05, 0.1) is 13.2 Å². The highest BCUT2D eigenvalue weighted by Crippen LogP contribution is 2.16. The molecule has 2 rings (SSSR count). The molecule has 0 bridgehead atoms. The predicted octanol–water partition coefficient (Wildman–Crippen LogP) is 1.74. The lowest BCUT2D eigenvalue weighted by molar-refractivity contribution is -0.124. The largest absolute Gasteiger partial charge is 0.497 e. The first-order valence-corrected chi connectivity index (χ1v) is 7.34. The quantitative estimate of drug-likeness (QED) is 0.861. The van der Waals surface area contributed by atoms with Gasteiger partial charge in [-0.1, -0.05) is 19.1 Å². The molecular weight excluding hydrogens is 252 g/mol. The van der Waals surface area contributed by atoms with Crippen LogP contribution in [0.5, 0.6) is 5.75 Å². The van der Waals surface area contributed by atoms with E-state index in [1.807, 2.05) is 18.2 Å². The van der Waals surface area contributed by atoms with Crippen LogP contribution in [0.1, 0.15) is 25.3 Å². The fourth-order valence-electron chi connectivity index (χ4n) is 2.67. The summed E-state index contributed by atoms with van der Waals surface area (Å²) < 4.78 is 5.19. The summed E-state index contributed by atoms with van der Waals surface area (Å²) >= 11 is 0. The Kier molecular flexibility index (Phi) is 5.41. The lowest BCUT2D eigenvalue weighted by atomic mass is 9.92. The van der Waals surface area contributed by atoms with Crippen molar-refractivity contribution in [2.75, 3.05) is 20.2 Å². The molecular formula is C16H24N2O2. The Morgan fingerprint density at radius 1 is 1.50 bits per heavy atom. The molecule has 1 heterocycles. The van der Waals surface area contributed by atoms with Gasteiger partial charge in [-0.2, -0.15) is 0 Å². The van der Waals surface area contributed by atoms with Gasteiger partial charge in [0.15, 0.2) is 0 Å². The van der Waals surface area contributed by atoms with Crippen LogP contribution in [0.2, 0.25) is 0 Å². The minimum Gasteiger partial charge on any atom is -0.497 e. The second-order valence-corrected chi connectivity index (χ2v) is 5.44. The number of nitrogens with one attached hydrogen (secondary N) is 2. The molecule has 1 fully saturated rings. The van der Waals surface area contributed by atoms with Crippen LogP contribution in [0.25, 0.3) is 0 Å². The monoisotopic (exact) mass is 276 g/mol. The molecule has 1 aromatic rings. The SMILES string of the molecule is COc1cccc(CCNC(=O)C2NCCCC2C)c1. The maximum atomic E-state index is 12.1. The summed E-state index contributed by atoms with van der Waals surface area (Å²) in [7, 11) is 1.66. The summed E-state index contributed by atoms with van der Waals surface area (Å²) in [4.78, 5) is 12.1. The predicted molar refractivity (Wildman–Crippen MR) is 79.9 cm³/mol. The number of benzene rings is 1. The van der Waals surface area contributed by atoms with E-state index in [-0.39, 0.29) is 11.9 Å². The summed E-state index contributed by atoms with van der Waals surface area (Å²) in [5.74, 6) is 1.40. The number of hydrogen-bond donors (Lipinski definition) is 2. The second-order valence-electron chi connectivity index (χ2n) is 5.44. The van der Waals surface area contributed by atoms with Crippen LogP contribution in [-0.2, 0) is 11.2 Å². The number of hydrogen-bond acceptors (Lipinski definition) is 3. The standard InChI is InChI=1S/C16H24N2O2/c1-12-5-4-9-17-15(12)16(19)18-10-8-13-6-3-7-14(11-13)20-2/h3,6-7,11-12,15,17H,4-5,8-10H2,1-2H3,(H,18,19). The van der Waals surface area contributed by atoms with Crippen molar-refractivity contribution in [2.24, 2.45) is 5.92 Å². The molecule has 0 aromatic heterocycles. The Morgan fingerprint density at radius 3 is 3.10 bits per heavy atom. The van der Waals surface area contributed by atoms with Crippen LogP contribution >= 0.6 is 0 Å². The second kappa shape index (κ2) is 7.29. The minimum absolute atomic E-state index is 0.0333. The van der Waals surface area contributed by atoms with Crippen molar-refractivity contribution in [3.8, 4) is 5.75 Å². The fraction of sp³-hybridized carbons (Fsp3) is 0.562. The lowest BCUT2D eigenvalue weighted by Crippen LogP contribution is -2.51. The maximum Gasteiger partial charge on any atom is 0.237 e. The van der Waals surface area contributed by atoms with Crippen LogP contribution in [0.15, 0.2) is 24.3 Å². The van der Waals surface area contributed by atoms with Crippen molar-refractivity contribution in [2.45, 2.75) is 32.2 Å². The molecule has 1 aliphatic heterocycles. The number of ether oxygens (including phenoxy) is 1. The maximum absolute atomic E-state index is 12.1. The number of carbonyl (C=O) groups excluding carboxylic acids is 1. The van der Waals surface area contributed by atoms with Crippen LogP contribution in [0.3, 0.4) is 0 Å². The van der Waals surface area contributed by atoms with Gasteiger partial charge in [0.2, 0.25) is 5.91 Å². The zero-order valence-corrected chi connectivity index (χ0v) is 12.3. The van der Waals surface area contributed by atoms with Gasteiger partial charge in [0.1, 0.15) is 5.75 Å². The van der Waals surface area contributed by atoms with Crippen molar-refractivity contribution in [1.82, 2.24) is 10.6 Å². The van der Waals surface area contributed by atoms with E-state index >= 15 is 0 Å². The van der Waals surface area contributed by atoms with Gasteiger partial charge in [-0.15, -0.1) is 0 Å². The van der Waals surface area contributed by atoms with Crippen LogP contribution in [0, 0.1) is 5.92 Å². The van der Waals surface area contributed by atoms with Gasteiger partial charge in [-0.3, -0.25) is 4.79 Å². The third-order valence-electron chi connectivity index (χ3n) is 3.90. The molecule has 1 aromatic carbocycles. The number of carbonyl (C=O) groups is 1. The van der Waals surface area contributed by atoms with E-state index in [2.05, 4.69) is 23.6 Å². The van der Waals surface area contributed by atoms with Gasteiger partial charge < -0.3 is 15.4 Å². The van der Waals surface area contributed by atoms with E-state index in [4.69, 9.17) is 4.74 Å². The van der Waals surface area contributed by atoms with E-state index < -0.39 is 0 Å². The molecule has 1 aliphatic rings. The van der Waals surface area contributed by atoms with Gasteiger partial charge >= 0.3 is 0 Å². The summed E-state index contributed by atoms with van der Waals surface area (Å²) in [6.07, 6.45) is 3.11. The van der Waals surface area contributed by atoms with Gasteiger partial charge in [-0.05, 0) is 49.4 Å². The smallest absolute Gasteiger partial charge is 0.237 e. The highest BCUT2D eigenvalue weighted by Gasteiger charge is 2.26. The van der Waals surface area contributed by atoms with Gasteiger partial charge in [0, 0.05) is 6.54 Å². The van der Waals surface area contributed by atoms with E-state index in [9.17, 15) is 4.79 Å². The molecule has 4 nitrogen and oxygen atoms in total. The molecule has 2 atom stereocenters. The zero-order chi connectivity index (χ0) is 14.4. The van der Waals surface area contributed by atoms with Gasteiger partial charge in [-0.25, -0.2) is 0 Å². The third kappa shape index (κ3) is 3.97. The molecule has 0 saturated carbocycles. The Morgan fingerprint density at radius 2 is 2.35 bits per heavy atom. The Bertz CT molecular complexity index is 448. The molecule has 2 N–H and O–H groups in total. The average Bonchev–Trinajstić information content (AvgIpc) is 2.48. The van der Waals surface area contributed by atoms with Crippen LogP contribution in [0.4, 0.5) is 0 Å². The average molecular weight is 276 g/mol. The highest BCUT2D eigenvalue weighted by molar-refractivity contribution is 5.82. The summed E-state index contributed by atoms with van der Waals surface area (Å²) in [6.45, 7) is 3.74. The third-order valence-corrected chi connectivity index (χ3v) is 3.90. The Hall–Kier alpha value is -1.55. The first-order chi connectivity index (χ1) is 9.70. The number of methoxy groups -OCH3 is 1. The van der Waals surface area contributed by atoms with Crippen LogP contribution in [-0.4, -0.2) is 32.1 Å². The van der Waals surface area contributed by atoms with Crippen molar-refractivity contribution in [3.05, 3.63) is 29.8 Å². The molecule has 1 saturated heterocycles. The van der Waals surface area contributed by atoms with Crippen molar-refractivity contribution in [3.63, 3.8) is 0 Å². The van der Waals surface area contributed by atoms with E-state index in [1.165, 1.54) is 5.56 Å². The topological polar surface area (TPSA) is 50.4 Å². The van der Waals surface area contributed by atoms with E-state index in [0.29, 0.717) is 12.5 Å². The molecule has 2 unspecified atom stereocenters. The summed E-state index contributed by atoms with van der Waals surface area (Å²) in [5, 5.41) is 6.33. The van der Waals surface area contributed by atoms with Gasteiger partial charge in [0.25, 0.3) is 0 Å². The molecule has 110 valence electrons. The zero-order valence-electron chi connectivity index (χ0n) is 12.3. The molecule has 1 amide bonds. The summed E-state index contributed by atoms with van der Waals surface area (Å²) in [6, 6.07) is 7.93. The van der Waals surface area contributed by atoms with Crippen molar-refractivity contribution < 1.29 is 9.53 Å². The summed E-state index contributed by atoms with van der Waals surface area (Å²) in [5.41, 5.74) is 1.18. The fourth-order valence-corrected chi connectivity index (χ4v) is 2.67. The minimum atomic E-state index is -0.0333. The van der Waals surface area contributed by atoms with Crippen molar-refractivity contribution >= 4 is 5.91 Å². The Balaban J connectivity index is 1.78. The molecule has 0 spiro atoms. The molecule has 4 heteroatoms. The first kappa shape index (κ1) is 14.9. The van der Waals surface area contributed by atoms with E-state index in [1.54, 1.807) is 7.11 Å². The first-order valence-electron chi connectivity index (χ1n) is 7.34. The van der Waals surface area contributed by atoms with Crippen LogP contribution < -0.4 is 15.4 Å². The van der Waals surface area contributed by atoms with E-state index in [0.717, 1.165) is 31.6 Å².